The number of hydrogen-bond acceptors (Lipinski definition) is 5. The molecule has 0 aliphatic heterocycles. The molecule has 0 aliphatic carbocycles. The third-order valence-corrected chi connectivity index (χ3v) is 5.17. The van der Waals surface area contributed by atoms with Crippen LogP contribution in [0.15, 0.2) is 32.0 Å². The molecule has 2 aromatic heterocycles. The first kappa shape index (κ1) is 20.6. The van der Waals surface area contributed by atoms with Crippen molar-refractivity contribution in [1.29, 1.82) is 0 Å². The number of carboxylic acids is 1. The first-order chi connectivity index (χ1) is 13.5. The molecule has 2 heterocycles. The molecule has 0 saturated carbocycles. The molecule has 0 bridgehead atoms. The smallest absolute Gasteiger partial charge is 0.340 e. The molecule has 1 unspecified atom stereocenters. The van der Waals surface area contributed by atoms with Gasteiger partial charge in [0.25, 0.3) is 0 Å². The number of carbonyl (C=O) groups is 2. The summed E-state index contributed by atoms with van der Waals surface area (Å²) < 4.78 is 11.1. The van der Waals surface area contributed by atoms with Gasteiger partial charge in [-0.1, -0.05) is 27.7 Å². The second-order valence-electron chi connectivity index (χ2n) is 8.28. The first-order valence-corrected chi connectivity index (χ1v) is 9.53. The molecule has 1 aromatic carbocycles. The SMILES string of the molecule is CCC(NC(=O)Cc1c(C)c2cc3c(C(C)(C)C)coc3cc2oc1=O)C(=O)O. The molecule has 3 rings (SSSR count). The maximum absolute atomic E-state index is 12.5. The quantitative estimate of drug-likeness (QED) is 0.634. The van der Waals surface area contributed by atoms with Crippen LogP contribution in [0.1, 0.15) is 50.8 Å². The summed E-state index contributed by atoms with van der Waals surface area (Å²) in [6.07, 6.45) is 1.71. The van der Waals surface area contributed by atoms with E-state index in [9.17, 15) is 14.4 Å². The summed E-state index contributed by atoms with van der Waals surface area (Å²) in [5.41, 5.74) is 2.16. The van der Waals surface area contributed by atoms with E-state index in [-0.39, 0.29) is 23.8 Å². The van der Waals surface area contributed by atoms with Crippen molar-refractivity contribution >= 4 is 33.8 Å². The predicted octanol–water partition coefficient (Wildman–Crippen LogP) is 3.67. The molecule has 1 amide bonds. The number of carbonyl (C=O) groups excluding carboxylic acids is 1. The number of carboxylic acid groups (broad SMARTS) is 1. The van der Waals surface area contributed by atoms with Crippen LogP contribution in [0, 0.1) is 6.92 Å². The summed E-state index contributed by atoms with van der Waals surface area (Å²) in [6.45, 7) is 9.68. The normalized spacial score (nSPS) is 13.0. The molecule has 0 spiro atoms. The molecule has 2 N–H and O–H groups in total. The van der Waals surface area contributed by atoms with E-state index in [4.69, 9.17) is 13.9 Å². The molecule has 29 heavy (non-hydrogen) atoms. The maximum atomic E-state index is 12.5. The Morgan fingerprint density at radius 2 is 1.86 bits per heavy atom. The van der Waals surface area contributed by atoms with E-state index in [0.717, 1.165) is 16.3 Å². The highest BCUT2D eigenvalue weighted by Crippen LogP contribution is 2.35. The Hall–Kier alpha value is -3.09. The number of rotatable bonds is 5. The topological polar surface area (TPSA) is 110 Å². The third-order valence-electron chi connectivity index (χ3n) is 5.17. The zero-order valence-corrected chi connectivity index (χ0v) is 17.2. The van der Waals surface area contributed by atoms with Crippen LogP contribution in [0.5, 0.6) is 0 Å². The second kappa shape index (κ2) is 7.39. The van der Waals surface area contributed by atoms with Crippen molar-refractivity contribution in [1.82, 2.24) is 5.32 Å². The molecule has 7 heteroatoms. The molecular weight excluding hydrogens is 374 g/mol. The van der Waals surface area contributed by atoms with Crippen molar-refractivity contribution in [2.45, 2.75) is 58.9 Å². The van der Waals surface area contributed by atoms with Gasteiger partial charge in [0.2, 0.25) is 5.91 Å². The van der Waals surface area contributed by atoms with Crippen LogP contribution in [-0.4, -0.2) is 23.0 Å². The largest absolute Gasteiger partial charge is 0.480 e. The minimum Gasteiger partial charge on any atom is -0.480 e. The van der Waals surface area contributed by atoms with Gasteiger partial charge in [0.05, 0.1) is 18.2 Å². The summed E-state index contributed by atoms with van der Waals surface area (Å²) in [4.78, 5) is 35.9. The van der Waals surface area contributed by atoms with Crippen LogP contribution < -0.4 is 10.9 Å². The second-order valence-corrected chi connectivity index (χ2v) is 8.28. The lowest BCUT2D eigenvalue weighted by Crippen LogP contribution is -2.41. The van der Waals surface area contributed by atoms with Crippen LogP contribution in [0.2, 0.25) is 0 Å². The van der Waals surface area contributed by atoms with Gasteiger partial charge in [0.15, 0.2) is 0 Å². The fourth-order valence-electron chi connectivity index (χ4n) is 3.44. The molecular formula is C22H25NO6. The molecule has 0 aliphatic rings. The van der Waals surface area contributed by atoms with E-state index < -0.39 is 23.5 Å². The average Bonchev–Trinajstić information content (AvgIpc) is 3.04. The van der Waals surface area contributed by atoms with Gasteiger partial charge in [0, 0.05) is 22.4 Å². The van der Waals surface area contributed by atoms with Crippen LogP contribution in [0.4, 0.5) is 0 Å². The lowest BCUT2D eigenvalue weighted by Gasteiger charge is -2.17. The van der Waals surface area contributed by atoms with E-state index in [2.05, 4.69) is 26.1 Å². The van der Waals surface area contributed by atoms with E-state index in [0.29, 0.717) is 16.7 Å². The van der Waals surface area contributed by atoms with Crippen molar-refractivity contribution < 1.29 is 23.5 Å². The van der Waals surface area contributed by atoms with Gasteiger partial charge >= 0.3 is 11.6 Å². The maximum Gasteiger partial charge on any atom is 0.340 e. The highest BCUT2D eigenvalue weighted by atomic mass is 16.4. The lowest BCUT2D eigenvalue weighted by molar-refractivity contribution is -0.141. The van der Waals surface area contributed by atoms with E-state index >= 15 is 0 Å². The molecule has 0 saturated heterocycles. The van der Waals surface area contributed by atoms with Crippen LogP contribution >= 0.6 is 0 Å². The molecule has 3 aromatic rings. The zero-order valence-electron chi connectivity index (χ0n) is 17.2. The van der Waals surface area contributed by atoms with Gasteiger partial charge in [0.1, 0.15) is 17.2 Å². The number of amides is 1. The van der Waals surface area contributed by atoms with Gasteiger partial charge in [-0.05, 0) is 30.4 Å². The summed E-state index contributed by atoms with van der Waals surface area (Å²) in [6, 6.07) is 2.62. The van der Waals surface area contributed by atoms with E-state index in [1.165, 1.54) is 0 Å². The molecule has 1 atom stereocenters. The average molecular weight is 399 g/mol. The number of aliphatic carboxylic acids is 1. The molecule has 7 nitrogen and oxygen atoms in total. The third kappa shape index (κ3) is 3.90. The Labute approximate surface area is 167 Å². The first-order valence-electron chi connectivity index (χ1n) is 9.53. The van der Waals surface area contributed by atoms with Crippen molar-refractivity contribution in [2.75, 3.05) is 0 Å². The Morgan fingerprint density at radius 1 is 1.17 bits per heavy atom. The summed E-state index contributed by atoms with van der Waals surface area (Å²) in [7, 11) is 0. The summed E-state index contributed by atoms with van der Waals surface area (Å²) >= 11 is 0. The number of aryl methyl sites for hydroxylation is 1. The van der Waals surface area contributed by atoms with Crippen molar-refractivity contribution in [2.24, 2.45) is 0 Å². The number of nitrogens with one attached hydrogen (secondary N) is 1. The summed E-state index contributed by atoms with van der Waals surface area (Å²) in [5, 5.41) is 13.2. The highest BCUT2D eigenvalue weighted by molar-refractivity contribution is 5.97. The highest BCUT2D eigenvalue weighted by Gasteiger charge is 2.23. The Balaban J connectivity index is 2.07. The van der Waals surface area contributed by atoms with Gasteiger partial charge in [-0.15, -0.1) is 0 Å². The van der Waals surface area contributed by atoms with Crippen molar-refractivity contribution in [3.8, 4) is 0 Å². The fraction of sp³-hybridized carbons (Fsp3) is 0.409. The lowest BCUT2D eigenvalue weighted by atomic mass is 9.86. The molecule has 0 fully saturated rings. The minimum absolute atomic E-state index is 0.128. The van der Waals surface area contributed by atoms with Crippen LogP contribution in [0.3, 0.4) is 0 Å². The Morgan fingerprint density at radius 3 is 2.45 bits per heavy atom. The number of benzene rings is 1. The van der Waals surface area contributed by atoms with Crippen molar-refractivity contribution in [3.63, 3.8) is 0 Å². The Kier molecular flexibility index (Phi) is 5.26. The van der Waals surface area contributed by atoms with Gasteiger partial charge < -0.3 is 19.3 Å². The summed E-state index contributed by atoms with van der Waals surface area (Å²) in [5.74, 6) is -1.64. The molecule has 154 valence electrons. The molecule has 0 radical (unpaired) electrons. The fourth-order valence-corrected chi connectivity index (χ4v) is 3.44. The van der Waals surface area contributed by atoms with Crippen molar-refractivity contribution in [3.05, 3.63) is 45.5 Å². The van der Waals surface area contributed by atoms with Crippen LogP contribution in [0.25, 0.3) is 21.9 Å². The van der Waals surface area contributed by atoms with Gasteiger partial charge in [-0.3, -0.25) is 4.79 Å². The number of hydrogen-bond donors (Lipinski definition) is 2. The predicted molar refractivity (Wildman–Crippen MR) is 109 cm³/mol. The van der Waals surface area contributed by atoms with Crippen LogP contribution in [-0.2, 0) is 21.4 Å². The van der Waals surface area contributed by atoms with E-state index in [1.807, 2.05) is 6.07 Å². The Bertz CT molecular complexity index is 1160. The van der Waals surface area contributed by atoms with Gasteiger partial charge in [-0.25, -0.2) is 9.59 Å². The number of fused-ring (bicyclic) bond motifs is 2. The van der Waals surface area contributed by atoms with E-state index in [1.54, 1.807) is 26.2 Å². The zero-order chi connectivity index (χ0) is 21.5. The standard InChI is InChI=1S/C22H25NO6/c1-6-16(20(25)26)23-19(24)8-13-11(2)12-7-14-15(22(3,4)5)10-28-17(14)9-18(12)29-21(13)27/h7,9-10,16H,6,8H2,1-5H3,(H,23,24)(H,25,26). The van der Waals surface area contributed by atoms with Gasteiger partial charge in [-0.2, -0.15) is 0 Å². The minimum atomic E-state index is -1.11. The monoisotopic (exact) mass is 399 g/mol. The number of furan rings is 1.